The molecular weight excluding hydrogens is 340 g/mol. The van der Waals surface area contributed by atoms with Gasteiger partial charge in [0.05, 0.1) is 6.10 Å². The number of hydrogen-bond acceptors (Lipinski definition) is 1. The highest BCUT2D eigenvalue weighted by molar-refractivity contribution is 5.87. The SMILES string of the molecule is c1ccc([C@H]2O[C@@]3(c4cccc5ccccc45)c4ccccc4CC[C@@H]23)cc1. The van der Waals surface area contributed by atoms with E-state index in [1.165, 1.54) is 33.0 Å². The Balaban J connectivity index is 1.59. The number of hydrogen-bond donors (Lipinski definition) is 0. The number of aryl methyl sites for hydroxylation is 1. The molecule has 1 aliphatic heterocycles. The first kappa shape index (κ1) is 16.1. The molecule has 6 rings (SSSR count). The molecular formula is C27H22O. The third-order valence-corrected chi connectivity index (χ3v) is 6.66. The molecule has 0 aromatic heterocycles. The summed E-state index contributed by atoms with van der Waals surface area (Å²) in [5.41, 5.74) is 5.04. The molecule has 4 aromatic rings. The Morgan fingerprint density at radius 1 is 0.679 bits per heavy atom. The predicted molar refractivity (Wildman–Crippen MR) is 113 cm³/mol. The highest BCUT2D eigenvalue weighted by Gasteiger charge is 2.60. The second kappa shape index (κ2) is 6.05. The van der Waals surface area contributed by atoms with Gasteiger partial charge in [-0.05, 0) is 45.9 Å². The molecule has 28 heavy (non-hydrogen) atoms. The van der Waals surface area contributed by atoms with E-state index in [0.29, 0.717) is 5.92 Å². The molecule has 0 bridgehead atoms. The van der Waals surface area contributed by atoms with Gasteiger partial charge in [0, 0.05) is 5.92 Å². The average Bonchev–Trinajstić information content (AvgIpc) is 2.75. The largest absolute Gasteiger partial charge is 0.357 e. The van der Waals surface area contributed by atoms with Gasteiger partial charge in [-0.15, -0.1) is 0 Å². The maximum Gasteiger partial charge on any atom is 0.125 e. The maximum absolute atomic E-state index is 6.94. The van der Waals surface area contributed by atoms with Gasteiger partial charge in [0.2, 0.25) is 0 Å². The lowest BCUT2D eigenvalue weighted by atomic mass is 9.60. The van der Waals surface area contributed by atoms with Crippen molar-refractivity contribution in [1.82, 2.24) is 0 Å². The van der Waals surface area contributed by atoms with Gasteiger partial charge in [-0.2, -0.15) is 0 Å². The van der Waals surface area contributed by atoms with Gasteiger partial charge < -0.3 is 4.74 Å². The molecule has 2 aliphatic rings. The highest BCUT2D eigenvalue weighted by Crippen LogP contribution is 2.63. The number of rotatable bonds is 2. The lowest BCUT2D eigenvalue weighted by Gasteiger charge is -2.59. The van der Waals surface area contributed by atoms with Crippen molar-refractivity contribution in [3.63, 3.8) is 0 Å². The smallest absolute Gasteiger partial charge is 0.125 e. The molecule has 4 aromatic carbocycles. The van der Waals surface area contributed by atoms with Crippen molar-refractivity contribution in [3.8, 4) is 0 Å². The summed E-state index contributed by atoms with van der Waals surface area (Å²) >= 11 is 0. The van der Waals surface area contributed by atoms with E-state index in [1.807, 2.05) is 0 Å². The first-order valence-electron chi connectivity index (χ1n) is 10.2. The molecule has 1 nitrogen and oxygen atoms in total. The van der Waals surface area contributed by atoms with Crippen LogP contribution in [0.2, 0.25) is 0 Å². The van der Waals surface area contributed by atoms with Crippen LogP contribution in [-0.2, 0) is 16.8 Å². The van der Waals surface area contributed by atoms with Gasteiger partial charge in [0.25, 0.3) is 0 Å². The van der Waals surface area contributed by atoms with E-state index in [4.69, 9.17) is 4.74 Å². The van der Waals surface area contributed by atoms with E-state index in [-0.39, 0.29) is 11.7 Å². The Kier molecular flexibility index (Phi) is 3.48. The van der Waals surface area contributed by atoms with Crippen molar-refractivity contribution in [1.29, 1.82) is 0 Å². The minimum Gasteiger partial charge on any atom is -0.357 e. The summed E-state index contributed by atoms with van der Waals surface area (Å²) in [7, 11) is 0. The molecule has 0 saturated carbocycles. The Hall–Kier alpha value is -2.90. The van der Waals surface area contributed by atoms with E-state index in [9.17, 15) is 0 Å². The molecule has 1 fully saturated rings. The van der Waals surface area contributed by atoms with Crippen LogP contribution in [0, 0.1) is 5.92 Å². The fourth-order valence-electron chi connectivity index (χ4n) is 5.44. The van der Waals surface area contributed by atoms with E-state index in [1.54, 1.807) is 0 Å². The summed E-state index contributed by atoms with van der Waals surface area (Å²) in [6.07, 6.45) is 2.44. The first-order chi connectivity index (χ1) is 13.9. The minimum atomic E-state index is -0.351. The van der Waals surface area contributed by atoms with Gasteiger partial charge in [-0.3, -0.25) is 0 Å². The molecule has 0 unspecified atom stereocenters. The van der Waals surface area contributed by atoms with Crippen molar-refractivity contribution in [2.24, 2.45) is 5.92 Å². The van der Waals surface area contributed by atoms with Gasteiger partial charge >= 0.3 is 0 Å². The van der Waals surface area contributed by atoms with Crippen molar-refractivity contribution in [3.05, 3.63) is 119 Å². The zero-order valence-corrected chi connectivity index (χ0v) is 15.7. The summed E-state index contributed by atoms with van der Waals surface area (Å²) in [4.78, 5) is 0. The second-order valence-electron chi connectivity index (χ2n) is 8.01. The number of fused-ring (bicyclic) bond motifs is 4. The summed E-state index contributed by atoms with van der Waals surface area (Å²) in [5.74, 6) is 0.454. The Labute approximate surface area is 165 Å². The monoisotopic (exact) mass is 362 g/mol. The van der Waals surface area contributed by atoms with Gasteiger partial charge in [0.15, 0.2) is 0 Å². The molecule has 136 valence electrons. The summed E-state index contributed by atoms with van der Waals surface area (Å²) < 4.78 is 6.94. The summed E-state index contributed by atoms with van der Waals surface area (Å²) in [6, 6.07) is 35.0. The Bertz CT molecular complexity index is 1160. The van der Waals surface area contributed by atoms with Crippen molar-refractivity contribution in [2.45, 2.75) is 24.5 Å². The topological polar surface area (TPSA) is 9.23 Å². The molecule has 0 amide bonds. The zero-order valence-electron chi connectivity index (χ0n) is 15.7. The number of benzene rings is 4. The molecule has 0 N–H and O–H groups in total. The Morgan fingerprint density at radius 2 is 1.39 bits per heavy atom. The van der Waals surface area contributed by atoms with Gasteiger partial charge in [-0.25, -0.2) is 0 Å². The molecule has 0 spiro atoms. The fraction of sp³-hybridized carbons (Fsp3) is 0.185. The van der Waals surface area contributed by atoms with Crippen molar-refractivity contribution < 1.29 is 4.74 Å². The van der Waals surface area contributed by atoms with E-state index in [2.05, 4.69) is 97.1 Å². The molecule has 0 radical (unpaired) electrons. The van der Waals surface area contributed by atoms with Crippen LogP contribution in [0.4, 0.5) is 0 Å². The summed E-state index contributed by atoms with van der Waals surface area (Å²) in [6.45, 7) is 0. The van der Waals surface area contributed by atoms with Crippen LogP contribution >= 0.6 is 0 Å². The van der Waals surface area contributed by atoms with Crippen LogP contribution in [0.3, 0.4) is 0 Å². The molecule has 1 saturated heterocycles. The zero-order chi connectivity index (χ0) is 18.6. The van der Waals surface area contributed by atoms with Crippen LogP contribution in [0.5, 0.6) is 0 Å². The van der Waals surface area contributed by atoms with E-state index < -0.39 is 0 Å². The molecule has 1 aliphatic carbocycles. The highest BCUT2D eigenvalue weighted by atomic mass is 16.5. The predicted octanol–water partition coefficient (Wildman–Crippen LogP) is 6.42. The van der Waals surface area contributed by atoms with Crippen LogP contribution in [0.15, 0.2) is 97.1 Å². The van der Waals surface area contributed by atoms with E-state index >= 15 is 0 Å². The van der Waals surface area contributed by atoms with Crippen molar-refractivity contribution >= 4 is 10.8 Å². The summed E-state index contributed by atoms with van der Waals surface area (Å²) in [5, 5.41) is 2.58. The lowest BCUT2D eigenvalue weighted by Crippen LogP contribution is -2.56. The third-order valence-electron chi connectivity index (χ3n) is 6.66. The standard InChI is InChI=1S/C27H22O/c1-2-11-21(12-3-1)26-25-18-17-20-10-5-7-15-23(20)27(25,28-26)24-16-8-13-19-9-4-6-14-22(19)24/h1-16,25-26H,17-18H2/t25-,26+,27+/m0/s1. The fourth-order valence-corrected chi connectivity index (χ4v) is 5.44. The Morgan fingerprint density at radius 3 is 2.32 bits per heavy atom. The lowest BCUT2D eigenvalue weighted by molar-refractivity contribution is -0.256. The molecule has 3 atom stereocenters. The molecule has 1 heteroatoms. The number of ether oxygens (including phenoxy) is 1. The normalized spacial score (nSPS) is 25.6. The van der Waals surface area contributed by atoms with Crippen LogP contribution in [-0.4, -0.2) is 0 Å². The van der Waals surface area contributed by atoms with E-state index in [0.717, 1.165) is 12.8 Å². The van der Waals surface area contributed by atoms with Gasteiger partial charge in [0.1, 0.15) is 5.60 Å². The quantitative estimate of drug-likeness (QED) is 0.400. The molecule has 1 heterocycles. The first-order valence-corrected chi connectivity index (χ1v) is 10.2. The third kappa shape index (κ3) is 2.11. The van der Waals surface area contributed by atoms with Crippen LogP contribution < -0.4 is 0 Å². The average molecular weight is 362 g/mol. The maximum atomic E-state index is 6.94. The second-order valence-corrected chi connectivity index (χ2v) is 8.01. The van der Waals surface area contributed by atoms with Crippen LogP contribution in [0.1, 0.15) is 34.8 Å². The minimum absolute atomic E-state index is 0.161. The van der Waals surface area contributed by atoms with Crippen molar-refractivity contribution in [2.75, 3.05) is 0 Å². The van der Waals surface area contributed by atoms with Gasteiger partial charge in [-0.1, -0.05) is 97.1 Å². The van der Waals surface area contributed by atoms with Crippen LogP contribution in [0.25, 0.3) is 10.8 Å².